The van der Waals surface area contributed by atoms with E-state index in [4.69, 9.17) is 5.41 Å². The minimum atomic E-state index is -0.353. The summed E-state index contributed by atoms with van der Waals surface area (Å²) in [6, 6.07) is 7.69. The Hall–Kier alpha value is -1.56. The number of alkyl halides is 1. The first-order valence-corrected chi connectivity index (χ1v) is 6.89. The van der Waals surface area contributed by atoms with Crippen molar-refractivity contribution in [3.05, 3.63) is 29.9 Å². The lowest BCUT2D eigenvalue weighted by Gasteiger charge is -2.06. The van der Waals surface area contributed by atoms with E-state index in [1.165, 1.54) is 7.11 Å². The van der Waals surface area contributed by atoms with E-state index in [1.807, 2.05) is 35.8 Å². The van der Waals surface area contributed by atoms with Crippen molar-refractivity contribution in [1.29, 1.82) is 5.41 Å². The highest BCUT2D eigenvalue weighted by Gasteiger charge is 2.14. The number of aromatic nitrogens is 2. The zero-order chi connectivity index (χ0) is 14.0. The van der Waals surface area contributed by atoms with Crippen molar-refractivity contribution in [3.63, 3.8) is 0 Å². The Labute approximate surface area is 119 Å². The fourth-order valence-corrected chi connectivity index (χ4v) is 2.37. The molecule has 1 atom stereocenters. The van der Waals surface area contributed by atoms with Crippen LogP contribution in [0.1, 0.15) is 6.92 Å². The molecular formula is C13H16BrN3O2. The first-order chi connectivity index (χ1) is 9.04. The number of para-hydroxylation sites is 2. The van der Waals surface area contributed by atoms with Crippen molar-refractivity contribution >= 4 is 32.9 Å². The molecule has 0 aliphatic rings. The second kappa shape index (κ2) is 5.61. The number of ether oxygens (including phenoxy) is 1. The first-order valence-electron chi connectivity index (χ1n) is 5.98. The predicted molar refractivity (Wildman–Crippen MR) is 76.2 cm³/mol. The summed E-state index contributed by atoms with van der Waals surface area (Å²) in [5, 5.41) is 8.23. The molecule has 1 heterocycles. The van der Waals surface area contributed by atoms with Crippen LogP contribution in [0.5, 0.6) is 0 Å². The maximum atomic E-state index is 11.5. The number of nitrogens with zero attached hydrogens (tertiary/aromatic N) is 2. The summed E-state index contributed by atoms with van der Waals surface area (Å²) in [7, 11) is 1.35. The third-order valence-electron chi connectivity index (χ3n) is 2.92. The summed E-state index contributed by atoms with van der Waals surface area (Å²) < 4.78 is 8.24. The molecule has 0 spiro atoms. The van der Waals surface area contributed by atoms with Gasteiger partial charge < -0.3 is 9.30 Å². The second-order valence-electron chi connectivity index (χ2n) is 4.37. The van der Waals surface area contributed by atoms with Gasteiger partial charge in [0.05, 0.1) is 18.1 Å². The molecule has 1 aromatic carbocycles. The molecule has 6 heteroatoms. The molecule has 1 N–H and O–H groups in total. The quantitative estimate of drug-likeness (QED) is 0.689. The van der Waals surface area contributed by atoms with Gasteiger partial charge in [0.2, 0.25) is 5.62 Å². The molecule has 2 aromatic rings. The Balaban J connectivity index is 2.60. The molecule has 0 aliphatic carbocycles. The van der Waals surface area contributed by atoms with Gasteiger partial charge in [-0.3, -0.25) is 14.8 Å². The minimum Gasteiger partial charge on any atom is -0.468 e. The van der Waals surface area contributed by atoms with Gasteiger partial charge in [-0.2, -0.15) is 0 Å². The van der Waals surface area contributed by atoms with Gasteiger partial charge in [0.25, 0.3) is 0 Å². The molecule has 19 heavy (non-hydrogen) atoms. The molecule has 0 unspecified atom stereocenters. The number of methoxy groups -OCH3 is 1. The molecule has 0 amide bonds. The number of carbonyl (C=O) groups is 1. The Morgan fingerprint density at radius 2 is 1.95 bits per heavy atom. The molecule has 0 bridgehead atoms. The van der Waals surface area contributed by atoms with E-state index < -0.39 is 0 Å². The lowest BCUT2D eigenvalue weighted by molar-refractivity contribution is -0.141. The van der Waals surface area contributed by atoms with Crippen LogP contribution in [-0.4, -0.2) is 27.0 Å². The molecule has 102 valence electrons. The monoisotopic (exact) mass is 325 g/mol. The van der Waals surface area contributed by atoms with Gasteiger partial charge in [-0.15, -0.1) is 0 Å². The zero-order valence-electron chi connectivity index (χ0n) is 10.9. The van der Waals surface area contributed by atoms with Crippen molar-refractivity contribution in [2.24, 2.45) is 0 Å². The van der Waals surface area contributed by atoms with Crippen LogP contribution in [0, 0.1) is 5.41 Å². The highest BCUT2D eigenvalue weighted by Crippen LogP contribution is 2.14. The third-order valence-corrected chi connectivity index (χ3v) is 3.21. The molecule has 5 nitrogen and oxygen atoms in total. The molecular weight excluding hydrogens is 310 g/mol. The smallest absolute Gasteiger partial charge is 0.325 e. The topological polar surface area (TPSA) is 60.0 Å². The first kappa shape index (κ1) is 13.9. The Morgan fingerprint density at radius 1 is 1.37 bits per heavy atom. The molecule has 0 aliphatic heterocycles. The van der Waals surface area contributed by atoms with Crippen LogP contribution in [0.2, 0.25) is 0 Å². The van der Waals surface area contributed by atoms with E-state index >= 15 is 0 Å². The minimum absolute atomic E-state index is 0.0551. The Kier molecular flexibility index (Phi) is 4.09. The fraction of sp³-hybridized carbons (Fsp3) is 0.385. The van der Waals surface area contributed by atoms with E-state index in [9.17, 15) is 4.79 Å². The summed E-state index contributed by atoms with van der Waals surface area (Å²) in [6.07, 6.45) is 0. The Morgan fingerprint density at radius 3 is 2.47 bits per heavy atom. The number of esters is 1. The van der Waals surface area contributed by atoms with Crippen LogP contribution in [-0.2, 0) is 22.6 Å². The number of imidazole rings is 1. The van der Waals surface area contributed by atoms with Gasteiger partial charge in [0.1, 0.15) is 6.54 Å². The summed E-state index contributed by atoms with van der Waals surface area (Å²) in [4.78, 5) is 11.7. The van der Waals surface area contributed by atoms with Crippen molar-refractivity contribution in [1.82, 2.24) is 9.13 Å². The summed E-state index contributed by atoms with van der Waals surface area (Å²) in [6.45, 7) is 2.76. The number of halogens is 1. The van der Waals surface area contributed by atoms with Crippen molar-refractivity contribution in [2.75, 3.05) is 7.11 Å². The van der Waals surface area contributed by atoms with Gasteiger partial charge in [-0.25, -0.2) is 0 Å². The molecule has 0 saturated heterocycles. The maximum Gasteiger partial charge on any atom is 0.325 e. The number of nitrogens with one attached hydrogen (secondary N) is 1. The van der Waals surface area contributed by atoms with Crippen LogP contribution in [0.15, 0.2) is 24.3 Å². The lowest BCUT2D eigenvalue weighted by atomic mass is 10.3. The van der Waals surface area contributed by atoms with E-state index in [0.29, 0.717) is 12.2 Å². The van der Waals surface area contributed by atoms with E-state index in [1.54, 1.807) is 4.57 Å². The van der Waals surface area contributed by atoms with Gasteiger partial charge in [-0.05, 0) is 12.1 Å². The average Bonchev–Trinajstić information content (AvgIpc) is 2.64. The van der Waals surface area contributed by atoms with E-state index in [2.05, 4.69) is 20.7 Å². The number of benzene rings is 1. The van der Waals surface area contributed by atoms with Crippen LogP contribution >= 0.6 is 15.9 Å². The molecule has 0 radical (unpaired) electrons. The number of fused-ring (bicyclic) bond motifs is 1. The van der Waals surface area contributed by atoms with Crippen LogP contribution in [0.3, 0.4) is 0 Å². The maximum absolute atomic E-state index is 11.5. The van der Waals surface area contributed by atoms with Crippen molar-refractivity contribution in [2.45, 2.75) is 24.8 Å². The molecule has 1 aromatic heterocycles. The normalized spacial score (nSPS) is 12.6. The van der Waals surface area contributed by atoms with E-state index in [0.717, 1.165) is 11.0 Å². The molecule has 0 saturated carbocycles. The fourth-order valence-electron chi connectivity index (χ4n) is 2.08. The van der Waals surface area contributed by atoms with E-state index in [-0.39, 0.29) is 17.3 Å². The highest BCUT2D eigenvalue weighted by atomic mass is 79.9. The standard InChI is InChI=1S/C13H16BrN3O2/c1-9(14)7-16-10-5-3-4-6-11(10)17(13(16)15)8-12(18)19-2/h3-6,9,15H,7-8H2,1-2H3/t9-/m0/s1. The number of carbonyl (C=O) groups excluding carboxylic acids is 1. The van der Waals surface area contributed by atoms with Gasteiger partial charge in [-0.1, -0.05) is 35.0 Å². The van der Waals surface area contributed by atoms with Gasteiger partial charge in [0.15, 0.2) is 0 Å². The van der Waals surface area contributed by atoms with Gasteiger partial charge in [0, 0.05) is 11.4 Å². The number of rotatable bonds is 4. The van der Waals surface area contributed by atoms with Gasteiger partial charge >= 0.3 is 5.97 Å². The van der Waals surface area contributed by atoms with Crippen LogP contribution < -0.4 is 5.62 Å². The summed E-state index contributed by atoms with van der Waals surface area (Å²) in [5.41, 5.74) is 2.12. The zero-order valence-corrected chi connectivity index (χ0v) is 12.5. The molecule has 2 rings (SSSR count). The highest BCUT2D eigenvalue weighted by molar-refractivity contribution is 9.09. The lowest BCUT2D eigenvalue weighted by Crippen LogP contribution is -2.29. The average molecular weight is 326 g/mol. The van der Waals surface area contributed by atoms with Crippen molar-refractivity contribution in [3.8, 4) is 0 Å². The SMILES string of the molecule is COC(=O)Cn1c(=N)n(C[C@H](C)Br)c2ccccc21. The second-order valence-corrected chi connectivity index (χ2v) is 5.93. The number of hydrogen-bond acceptors (Lipinski definition) is 3. The molecule has 0 fully saturated rings. The summed E-state index contributed by atoms with van der Waals surface area (Å²) >= 11 is 3.50. The third kappa shape index (κ3) is 2.73. The van der Waals surface area contributed by atoms with Crippen LogP contribution in [0.4, 0.5) is 0 Å². The number of hydrogen-bond donors (Lipinski definition) is 1. The largest absolute Gasteiger partial charge is 0.468 e. The predicted octanol–water partition coefficient (Wildman–Crippen LogP) is 1.88. The van der Waals surface area contributed by atoms with Crippen molar-refractivity contribution < 1.29 is 9.53 Å². The Bertz CT molecular complexity index is 657. The summed E-state index contributed by atoms with van der Waals surface area (Å²) in [5.74, 6) is -0.353. The van der Waals surface area contributed by atoms with Crippen LogP contribution in [0.25, 0.3) is 11.0 Å².